The summed E-state index contributed by atoms with van der Waals surface area (Å²) in [4.78, 5) is 22.5. The van der Waals surface area contributed by atoms with Gasteiger partial charge in [0.2, 0.25) is 5.92 Å². The van der Waals surface area contributed by atoms with E-state index in [4.69, 9.17) is 5.11 Å². The number of alkyl halides is 2. The molecule has 104 valence electrons. The molecule has 0 saturated heterocycles. The van der Waals surface area contributed by atoms with Crippen LogP contribution in [-0.4, -0.2) is 39.1 Å². The third-order valence-corrected chi connectivity index (χ3v) is 3.15. The average Bonchev–Trinajstić information content (AvgIpc) is 2.77. The van der Waals surface area contributed by atoms with Crippen LogP contribution in [0.4, 0.5) is 8.78 Å². The van der Waals surface area contributed by atoms with Crippen molar-refractivity contribution in [1.82, 2.24) is 15.5 Å². The molecule has 1 saturated carbocycles. The fourth-order valence-electron chi connectivity index (χ4n) is 2.14. The quantitative estimate of drug-likeness (QED) is 0.746. The summed E-state index contributed by atoms with van der Waals surface area (Å²) in [6, 6.07) is 0.621. The predicted molar refractivity (Wildman–Crippen MR) is 59.8 cm³/mol. The van der Waals surface area contributed by atoms with Crippen LogP contribution in [0.15, 0.2) is 12.3 Å². The first-order valence-corrected chi connectivity index (χ1v) is 5.77. The number of nitrogens with zero attached hydrogens (tertiary/aromatic N) is 1. The summed E-state index contributed by atoms with van der Waals surface area (Å²) in [5, 5.41) is 17.3. The van der Waals surface area contributed by atoms with Crippen molar-refractivity contribution in [3.63, 3.8) is 0 Å². The number of carboxylic acid groups (broad SMARTS) is 1. The van der Waals surface area contributed by atoms with Gasteiger partial charge in [0.1, 0.15) is 5.69 Å². The van der Waals surface area contributed by atoms with Crippen molar-refractivity contribution in [1.29, 1.82) is 0 Å². The van der Waals surface area contributed by atoms with Gasteiger partial charge in [0.25, 0.3) is 5.91 Å². The number of hydrogen-bond acceptors (Lipinski definition) is 3. The Bertz CT molecular complexity index is 468. The number of aromatic nitrogens is 2. The van der Waals surface area contributed by atoms with Crippen molar-refractivity contribution >= 4 is 11.9 Å². The minimum absolute atomic E-state index is 0.168. The molecule has 6 nitrogen and oxygen atoms in total. The molecule has 1 unspecified atom stereocenters. The van der Waals surface area contributed by atoms with Crippen molar-refractivity contribution in [2.24, 2.45) is 5.92 Å². The highest BCUT2D eigenvalue weighted by molar-refractivity contribution is 5.92. The molecule has 1 aliphatic rings. The zero-order valence-corrected chi connectivity index (χ0v) is 9.90. The van der Waals surface area contributed by atoms with E-state index in [1.54, 1.807) is 0 Å². The van der Waals surface area contributed by atoms with Gasteiger partial charge in [0.05, 0.1) is 6.42 Å². The van der Waals surface area contributed by atoms with Crippen LogP contribution in [0, 0.1) is 5.92 Å². The number of rotatable bonds is 5. The summed E-state index contributed by atoms with van der Waals surface area (Å²) in [6.07, 6.45) is 0.210. The monoisotopic (exact) mass is 273 g/mol. The molecule has 0 radical (unpaired) electrons. The molecule has 1 aliphatic carbocycles. The summed E-state index contributed by atoms with van der Waals surface area (Å²) in [7, 11) is 0. The van der Waals surface area contributed by atoms with Crippen LogP contribution in [0.25, 0.3) is 0 Å². The molecule has 1 atom stereocenters. The maximum atomic E-state index is 12.8. The number of aliphatic carboxylic acids is 1. The second-order valence-corrected chi connectivity index (χ2v) is 4.67. The predicted octanol–water partition coefficient (Wildman–Crippen LogP) is 1.03. The summed E-state index contributed by atoms with van der Waals surface area (Å²) in [6.45, 7) is 0. The van der Waals surface area contributed by atoms with E-state index in [0.29, 0.717) is 0 Å². The third-order valence-electron chi connectivity index (χ3n) is 3.15. The van der Waals surface area contributed by atoms with Crippen LogP contribution in [0.2, 0.25) is 0 Å². The third kappa shape index (κ3) is 3.27. The van der Waals surface area contributed by atoms with E-state index in [0.717, 1.165) is 0 Å². The summed E-state index contributed by atoms with van der Waals surface area (Å²) in [5.41, 5.74) is 0.168. The molecule has 0 aliphatic heterocycles. The molecule has 2 rings (SSSR count). The zero-order valence-electron chi connectivity index (χ0n) is 9.90. The molecular weight excluding hydrogens is 260 g/mol. The fraction of sp³-hybridized carbons (Fsp3) is 0.545. The number of amides is 1. The molecule has 0 aromatic carbocycles. The van der Waals surface area contributed by atoms with Gasteiger partial charge in [-0.15, -0.1) is 0 Å². The first kappa shape index (κ1) is 13.4. The van der Waals surface area contributed by atoms with E-state index in [-0.39, 0.29) is 12.1 Å². The molecule has 0 spiro atoms. The number of carbonyl (C=O) groups is 2. The Balaban J connectivity index is 1.98. The lowest BCUT2D eigenvalue weighted by Crippen LogP contribution is -2.50. The number of halogens is 2. The lowest BCUT2D eigenvalue weighted by Gasteiger charge is -2.39. The molecule has 3 N–H and O–H groups in total. The number of carbonyl (C=O) groups excluding carboxylic acids is 1. The fourth-order valence-corrected chi connectivity index (χ4v) is 2.14. The Morgan fingerprint density at radius 2 is 2.26 bits per heavy atom. The van der Waals surface area contributed by atoms with Crippen molar-refractivity contribution in [3.8, 4) is 0 Å². The molecular formula is C11H13F2N3O3. The van der Waals surface area contributed by atoms with E-state index >= 15 is 0 Å². The minimum Gasteiger partial charge on any atom is -0.481 e. The maximum absolute atomic E-state index is 12.8. The minimum atomic E-state index is -2.75. The number of H-pyrrole nitrogens is 1. The smallest absolute Gasteiger partial charge is 0.305 e. The highest BCUT2D eigenvalue weighted by atomic mass is 19.3. The molecule has 1 aromatic heterocycles. The molecule has 1 aromatic rings. The summed E-state index contributed by atoms with van der Waals surface area (Å²) in [5.74, 6) is -4.94. The van der Waals surface area contributed by atoms with Gasteiger partial charge in [-0.05, 0) is 12.0 Å². The van der Waals surface area contributed by atoms with E-state index in [1.807, 2.05) is 0 Å². The molecule has 19 heavy (non-hydrogen) atoms. The number of nitrogens with one attached hydrogen (secondary N) is 2. The molecule has 1 heterocycles. The topological polar surface area (TPSA) is 95.1 Å². The lowest BCUT2D eigenvalue weighted by molar-refractivity contribution is -0.142. The second kappa shape index (κ2) is 4.94. The zero-order chi connectivity index (χ0) is 14.0. The number of carboxylic acids is 1. The molecule has 1 fully saturated rings. The Hall–Kier alpha value is -1.99. The largest absolute Gasteiger partial charge is 0.481 e. The van der Waals surface area contributed by atoms with E-state index in [9.17, 15) is 18.4 Å². The summed E-state index contributed by atoms with van der Waals surface area (Å²) < 4.78 is 25.6. The van der Waals surface area contributed by atoms with Gasteiger partial charge in [-0.3, -0.25) is 14.7 Å². The van der Waals surface area contributed by atoms with E-state index < -0.39 is 42.6 Å². The van der Waals surface area contributed by atoms with Gasteiger partial charge < -0.3 is 10.4 Å². The van der Waals surface area contributed by atoms with Gasteiger partial charge >= 0.3 is 5.97 Å². The van der Waals surface area contributed by atoms with Crippen molar-refractivity contribution < 1.29 is 23.5 Å². The van der Waals surface area contributed by atoms with E-state index in [1.165, 1.54) is 12.3 Å². The Kier molecular flexibility index (Phi) is 3.50. The summed E-state index contributed by atoms with van der Waals surface area (Å²) >= 11 is 0. The normalized spacial score (nSPS) is 19.5. The van der Waals surface area contributed by atoms with Crippen LogP contribution in [0.5, 0.6) is 0 Å². The number of aromatic amines is 1. The van der Waals surface area contributed by atoms with Gasteiger partial charge in [0, 0.05) is 25.1 Å². The van der Waals surface area contributed by atoms with Crippen LogP contribution in [0.3, 0.4) is 0 Å². The van der Waals surface area contributed by atoms with Crippen LogP contribution < -0.4 is 5.32 Å². The Morgan fingerprint density at radius 3 is 2.74 bits per heavy atom. The van der Waals surface area contributed by atoms with Crippen LogP contribution in [0.1, 0.15) is 29.8 Å². The highest BCUT2D eigenvalue weighted by Crippen LogP contribution is 2.44. The Morgan fingerprint density at radius 1 is 1.58 bits per heavy atom. The molecule has 0 bridgehead atoms. The SMILES string of the molecule is O=C(O)CC(NC(=O)c1ccn[nH]1)C1CC(F)(F)C1. The van der Waals surface area contributed by atoms with Gasteiger partial charge in [-0.1, -0.05) is 0 Å². The van der Waals surface area contributed by atoms with E-state index in [2.05, 4.69) is 15.5 Å². The first-order valence-electron chi connectivity index (χ1n) is 5.77. The highest BCUT2D eigenvalue weighted by Gasteiger charge is 2.49. The Labute approximate surface area is 107 Å². The van der Waals surface area contributed by atoms with Gasteiger partial charge in [-0.2, -0.15) is 5.10 Å². The average molecular weight is 273 g/mol. The van der Waals surface area contributed by atoms with Crippen molar-refractivity contribution in [3.05, 3.63) is 18.0 Å². The number of hydrogen-bond donors (Lipinski definition) is 3. The lowest BCUT2D eigenvalue weighted by atomic mass is 9.75. The van der Waals surface area contributed by atoms with Crippen LogP contribution in [-0.2, 0) is 4.79 Å². The molecule has 1 amide bonds. The van der Waals surface area contributed by atoms with Gasteiger partial charge in [-0.25, -0.2) is 8.78 Å². The van der Waals surface area contributed by atoms with Crippen LogP contribution >= 0.6 is 0 Å². The molecule has 8 heteroatoms. The van der Waals surface area contributed by atoms with Gasteiger partial charge in [0.15, 0.2) is 0 Å². The van der Waals surface area contributed by atoms with Crippen molar-refractivity contribution in [2.75, 3.05) is 0 Å². The maximum Gasteiger partial charge on any atom is 0.305 e. The standard InChI is InChI=1S/C11H13F2N3O3/c12-11(13)4-6(5-11)8(3-9(17)18)15-10(19)7-1-2-14-16-7/h1-2,6,8H,3-5H2,(H,14,16)(H,15,19)(H,17,18). The first-order chi connectivity index (χ1) is 8.87. The van der Waals surface area contributed by atoms with Crippen molar-refractivity contribution in [2.45, 2.75) is 31.2 Å². The second-order valence-electron chi connectivity index (χ2n) is 4.67.